The zero-order valence-corrected chi connectivity index (χ0v) is 13.3. The van der Waals surface area contributed by atoms with Crippen molar-refractivity contribution in [2.24, 2.45) is 0 Å². The van der Waals surface area contributed by atoms with E-state index >= 15 is 0 Å². The molecule has 4 heteroatoms. The van der Waals surface area contributed by atoms with Crippen molar-refractivity contribution in [3.05, 3.63) is 30.3 Å². The maximum atomic E-state index is 12.6. The molecule has 0 radical (unpaired) electrons. The summed E-state index contributed by atoms with van der Waals surface area (Å²) in [6.07, 6.45) is 2.05. The first-order valence-electron chi connectivity index (χ1n) is 8.10. The van der Waals surface area contributed by atoms with E-state index in [1.807, 2.05) is 15.9 Å². The Hall–Kier alpha value is -1.71. The predicted octanol–water partition coefficient (Wildman–Crippen LogP) is 3.05. The fourth-order valence-corrected chi connectivity index (χ4v) is 2.84. The van der Waals surface area contributed by atoms with E-state index in [-0.39, 0.29) is 6.03 Å². The number of hydrogen-bond acceptors (Lipinski definition) is 2. The molecule has 0 aliphatic carbocycles. The van der Waals surface area contributed by atoms with Crippen LogP contribution in [-0.2, 0) is 0 Å². The topological polar surface area (TPSA) is 26.8 Å². The normalized spacial score (nSPS) is 15.1. The predicted molar refractivity (Wildman–Crippen MR) is 87.8 cm³/mol. The minimum absolute atomic E-state index is 0.214. The first-order valence-corrected chi connectivity index (χ1v) is 8.10. The number of carbonyl (C=O) groups excluding carboxylic acids is 1. The van der Waals surface area contributed by atoms with Crippen molar-refractivity contribution in [3.8, 4) is 0 Å². The van der Waals surface area contributed by atoms with E-state index in [1.165, 1.54) is 5.69 Å². The smallest absolute Gasteiger partial charge is 0.320 e. The molecule has 0 N–H and O–H groups in total. The Morgan fingerprint density at radius 2 is 1.57 bits per heavy atom. The molecule has 1 aliphatic rings. The molecule has 116 valence electrons. The third-order valence-electron chi connectivity index (χ3n) is 3.93. The van der Waals surface area contributed by atoms with Gasteiger partial charge in [-0.1, -0.05) is 32.0 Å². The summed E-state index contributed by atoms with van der Waals surface area (Å²) in [5, 5.41) is 0. The summed E-state index contributed by atoms with van der Waals surface area (Å²) >= 11 is 0. The molecule has 0 unspecified atom stereocenters. The number of hydrogen-bond donors (Lipinski definition) is 0. The largest absolute Gasteiger partial charge is 0.368 e. The van der Waals surface area contributed by atoms with Crippen molar-refractivity contribution in [2.75, 3.05) is 44.2 Å². The lowest BCUT2D eigenvalue weighted by Crippen LogP contribution is -2.53. The second-order valence-corrected chi connectivity index (χ2v) is 5.58. The zero-order chi connectivity index (χ0) is 15.1. The lowest BCUT2D eigenvalue weighted by atomic mass is 10.2. The fourth-order valence-electron chi connectivity index (χ4n) is 2.84. The molecule has 1 saturated heterocycles. The van der Waals surface area contributed by atoms with Gasteiger partial charge >= 0.3 is 6.03 Å². The summed E-state index contributed by atoms with van der Waals surface area (Å²) in [5.74, 6) is 0. The summed E-state index contributed by atoms with van der Waals surface area (Å²) in [4.78, 5) is 18.9. The molecule has 21 heavy (non-hydrogen) atoms. The van der Waals surface area contributed by atoms with Gasteiger partial charge in [-0.15, -0.1) is 0 Å². The number of amides is 2. The molecule has 0 aromatic heterocycles. The molecule has 1 aliphatic heterocycles. The molecule has 0 atom stereocenters. The van der Waals surface area contributed by atoms with E-state index in [2.05, 4.69) is 43.0 Å². The van der Waals surface area contributed by atoms with Crippen LogP contribution in [0.2, 0.25) is 0 Å². The SMILES string of the molecule is CCCN(CCC)C(=O)N1CCN(c2ccccc2)CC1. The average molecular weight is 289 g/mol. The molecule has 1 heterocycles. The molecule has 0 saturated carbocycles. The minimum Gasteiger partial charge on any atom is -0.368 e. The number of rotatable bonds is 5. The maximum absolute atomic E-state index is 12.6. The number of benzene rings is 1. The van der Waals surface area contributed by atoms with E-state index in [4.69, 9.17) is 0 Å². The number of para-hydroxylation sites is 1. The summed E-state index contributed by atoms with van der Waals surface area (Å²) in [6, 6.07) is 10.7. The molecule has 1 aromatic carbocycles. The van der Waals surface area contributed by atoms with Crippen LogP contribution in [-0.4, -0.2) is 55.1 Å². The Labute approximate surface area is 128 Å². The van der Waals surface area contributed by atoms with E-state index in [1.54, 1.807) is 0 Å². The van der Waals surface area contributed by atoms with Crippen molar-refractivity contribution < 1.29 is 4.79 Å². The van der Waals surface area contributed by atoms with Crippen LogP contribution in [0.5, 0.6) is 0 Å². The van der Waals surface area contributed by atoms with Crippen LogP contribution in [0.4, 0.5) is 10.5 Å². The summed E-state index contributed by atoms with van der Waals surface area (Å²) < 4.78 is 0. The monoisotopic (exact) mass is 289 g/mol. The minimum atomic E-state index is 0.214. The summed E-state index contributed by atoms with van der Waals surface area (Å²) in [6.45, 7) is 9.46. The van der Waals surface area contributed by atoms with Gasteiger partial charge in [-0.25, -0.2) is 4.79 Å². The highest BCUT2D eigenvalue weighted by Gasteiger charge is 2.24. The molecule has 4 nitrogen and oxygen atoms in total. The quantitative estimate of drug-likeness (QED) is 0.833. The average Bonchev–Trinajstić information content (AvgIpc) is 2.55. The number of nitrogens with zero attached hydrogens (tertiary/aromatic N) is 3. The van der Waals surface area contributed by atoms with Gasteiger partial charge in [-0.3, -0.25) is 0 Å². The van der Waals surface area contributed by atoms with E-state index < -0.39 is 0 Å². The third kappa shape index (κ3) is 4.13. The molecular weight excluding hydrogens is 262 g/mol. The lowest BCUT2D eigenvalue weighted by molar-refractivity contribution is 0.150. The summed E-state index contributed by atoms with van der Waals surface area (Å²) in [5.41, 5.74) is 1.25. The number of piperazine rings is 1. The van der Waals surface area contributed by atoms with Gasteiger partial charge in [0.05, 0.1) is 0 Å². The molecule has 2 amide bonds. The third-order valence-corrected chi connectivity index (χ3v) is 3.93. The van der Waals surface area contributed by atoms with Gasteiger partial charge < -0.3 is 14.7 Å². The highest BCUT2D eigenvalue weighted by Crippen LogP contribution is 2.16. The van der Waals surface area contributed by atoms with Crippen LogP contribution in [0.25, 0.3) is 0 Å². The Kier molecular flexibility index (Phi) is 5.90. The standard InChI is InChI=1S/C17H27N3O/c1-3-10-19(11-4-2)17(21)20-14-12-18(13-15-20)16-8-6-5-7-9-16/h5-9H,3-4,10-15H2,1-2H3. The highest BCUT2D eigenvalue weighted by atomic mass is 16.2. The van der Waals surface area contributed by atoms with Crippen LogP contribution in [0.15, 0.2) is 30.3 Å². The highest BCUT2D eigenvalue weighted by molar-refractivity contribution is 5.74. The molecule has 0 bridgehead atoms. The molecular formula is C17H27N3O. The van der Waals surface area contributed by atoms with Gasteiger partial charge in [0.1, 0.15) is 0 Å². The van der Waals surface area contributed by atoms with Crippen LogP contribution < -0.4 is 4.90 Å². The van der Waals surface area contributed by atoms with Crippen molar-refractivity contribution in [1.29, 1.82) is 0 Å². The van der Waals surface area contributed by atoms with Crippen LogP contribution in [0.1, 0.15) is 26.7 Å². The first kappa shape index (κ1) is 15.7. The Bertz CT molecular complexity index is 421. The number of urea groups is 1. The van der Waals surface area contributed by atoms with Gasteiger partial charge in [-0.05, 0) is 25.0 Å². The van der Waals surface area contributed by atoms with Gasteiger partial charge in [0.25, 0.3) is 0 Å². The molecule has 0 spiro atoms. The second kappa shape index (κ2) is 7.91. The zero-order valence-electron chi connectivity index (χ0n) is 13.3. The Morgan fingerprint density at radius 3 is 2.10 bits per heavy atom. The fraction of sp³-hybridized carbons (Fsp3) is 0.588. The Balaban J connectivity index is 1.89. The van der Waals surface area contributed by atoms with Crippen LogP contribution in [0, 0.1) is 0 Å². The van der Waals surface area contributed by atoms with Gasteiger partial charge in [0, 0.05) is 45.0 Å². The van der Waals surface area contributed by atoms with Crippen LogP contribution in [0.3, 0.4) is 0 Å². The van der Waals surface area contributed by atoms with Crippen molar-refractivity contribution in [2.45, 2.75) is 26.7 Å². The Morgan fingerprint density at radius 1 is 1.00 bits per heavy atom. The van der Waals surface area contributed by atoms with Gasteiger partial charge in [-0.2, -0.15) is 0 Å². The van der Waals surface area contributed by atoms with E-state index in [9.17, 15) is 4.79 Å². The van der Waals surface area contributed by atoms with E-state index in [0.29, 0.717) is 0 Å². The summed E-state index contributed by atoms with van der Waals surface area (Å²) in [7, 11) is 0. The van der Waals surface area contributed by atoms with Gasteiger partial charge in [0.15, 0.2) is 0 Å². The van der Waals surface area contributed by atoms with E-state index in [0.717, 1.165) is 52.1 Å². The maximum Gasteiger partial charge on any atom is 0.320 e. The van der Waals surface area contributed by atoms with Crippen molar-refractivity contribution in [3.63, 3.8) is 0 Å². The van der Waals surface area contributed by atoms with Gasteiger partial charge in [0.2, 0.25) is 0 Å². The number of anilines is 1. The van der Waals surface area contributed by atoms with Crippen molar-refractivity contribution >= 4 is 11.7 Å². The molecule has 1 fully saturated rings. The first-order chi connectivity index (χ1) is 10.3. The number of carbonyl (C=O) groups is 1. The lowest BCUT2D eigenvalue weighted by Gasteiger charge is -2.38. The second-order valence-electron chi connectivity index (χ2n) is 5.58. The van der Waals surface area contributed by atoms with Crippen LogP contribution >= 0.6 is 0 Å². The molecule has 2 rings (SSSR count). The molecule has 1 aromatic rings. The van der Waals surface area contributed by atoms with Crippen molar-refractivity contribution in [1.82, 2.24) is 9.80 Å².